The molecule has 1 aromatic carbocycles. The summed E-state index contributed by atoms with van der Waals surface area (Å²) >= 11 is 6.21. The van der Waals surface area contributed by atoms with E-state index >= 15 is 0 Å². The van der Waals surface area contributed by atoms with E-state index in [0.717, 1.165) is 5.56 Å². The number of hydrogen-bond acceptors (Lipinski definition) is 2. The zero-order chi connectivity index (χ0) is 14.7. The van der Waals surface area contributed by atoms with Crippen molar-refractivity contribution in [3.63, 3.8) is 0 Å². The minimum atomic E-state index is -0.286. The Hall–Kier alpha value is -1.55. The summed E-state index contributed by atoms with van der Waals surface area (Å²) in [7, 11) is 0. The van der Waals surface area contributed by atoms with Gasteiger partial charge in [-0.25, -0.2) is 0 Å². The third-order valence-corrected chi connectivity index (χ3v) is 3.90. The molecular weight excluding hydrogens is 276 g/mol. The summed E-state index contributed by atoms with van der Waals surface area (Å²) in [5.41, 5.74) is 0.912. The van der Waals surface area contributed by atoms with Crippen molar-refractivity contribution in [2.75, 3.05) is 6.54 Å². The highest BCUT2D eigenvalue weighted by Gasteiger charge is 2.30. The summed E-state index contributed by atoms with van der Waals surface area (Å²) in [5.74, 6) is -0.235. The molecule has 0 spiro atoms. The Morgan fingerprint density at radius 1 is 1.40 bits per heavy atom. The van der Waals surface area contributed by atoms with E-state index in [-0.39, 0.29) is 36.1 Å². The summed E-state index contributed by atoms with van der Waals surface area (Å²) in [4.78, 5) is 23.4. The smallest absolute Gasteiger partial charge is 0.225 e. The molecule has 2 atom stereocenters. The van der Waals surface area contributed by atoms with E-state index in [1.54, 1.807) is 0 Å². The van der Waals surface area contributed by atoms with Crippen LogP contribution in [0.2, 0.25) is 5.02 Å². The second-order valence-electron chi connectivity index (χ2n) is 5.46. The number of rotatable bonds is 4. The van der Waals surface area contributed by atoms with E-state index in [9.17, 15) is 9.59 Å². The van der Waals surface area contributed by atoms with Gasteiger partial charge in [0.2, 0.25) is 11.8 Å². The zero-order valence-corrected chi connectivity index (χ0v) is 12.4. The second-order valence-corrected chi connectivity index (χ2v) is 5.86. The first-order chi connectivity index (χ1) is 9.49. The van der Waals surface area contributed by atoms with Crippen LogP contribution >= 0.6 is 11.6 Å². The van der Waals surface area contributed by atoms with Crippen molar-refractivity contribution in [1.82, 2.24) is 10.6 Å². The highest BCUT2D eigenvalue weighted by atomic mass is 35.5. The molecule has 0 aliphatic carbocycles. The van der Waals surface area contributed by atoms with Crippen LogP contribution in [0.4, 0.5) is 0 Å². The third kappa shape index (κ3) is 3.31. The molecule has 1 aliphatic heterocycles. The maximum Gasteiger partial charge on any atom is 0.225 e. The molecule has 2 amide bonds. The van der Waals surface area contributed by atoms with E-state index in [4.69, 9.17) is 11.6 Å². The Bertz CT molecular complexity index is 516. The number of benzene rings is 1. The minimum absolute atomic E-state index is 0.0657. The van der Waals surface area contributed by atoms with Crippen LogP contribution in [0.5, 0.6) is 0 Å². The molecule has 20 heavy (non-hydrogen) atoms. The van der Waals surface area contributed by atoms with E-state index < -0.39 is 0 Å². The van der Waals surface area contributed by atoms with Gasteiger partial charge in [0.15, 0.2) is 0 Å². The molecule has 2 N–H and O–H groups in total. The quantitative estimate of drug-likeness (QED) is 0.895. The van der Waals surface area contributed by atoms with Gasteiger partial charge >= 0.3 is 0 Å². The highest BCUT2D eigenvalue weighted by molar-refractivity contribution is 6.31. The van der Waals surface area contributed by atoms with Crippen molar-refractivity contribution in [3.8, 4) is 0 Å². The largest absolute Gasteiger partial charge is 0.355 e. The van der Waals surface area contributed by atoms with Gasteiger partial charge in [0, 0.05) is 18.0 Å². The van der Waals surface area contributed by atoms with Crippen molar-refractivity contribution in [3.05, 3.63) is 34.9 Å². The molecule has 0 radical (unpaired) electrons. The monoisotopic (exact) mass is 294 g/mol. The zero-order valence-electron chi connectivity index (χ0n) is 11.7. The molecule has 2 rings (SSSR count). The topological polar surface area (TPSA) is 58.2 Å². The van der Waals surface area contributed by atoms with Gasteiger partial charge in [-0.1, -0.05) is 43.6 Å². The maximum atomic E-state index is 12.2. The summed E-state index contributed by atoms with van der Waals surface area (Å²) in [6, 6.07) is 7.37. The van der Waals surface area contributed by atoms with Crippen molar-refractivity contribution in [2.24, 2.45) is 11.8 Å². The minimum Gasteiger partial charge on any atom is -0.355 e. The fourth-order valence-electron chi connectivity index (χ4n) is 2.39. The summed E-state index contributed by atoms with van der Waals surface area (Å²) in [5, 5.41) is 6.34. The van der Waals surface area contributed by atoms with Crippen LogP contribution in [0.15, 0.2) is 24.3 Å². The SMILES string of the molecule is CC(C)C(NC(=O)C1CNC(=O)C1)c1ccccc1Cl. The van der Waals surface area contributed by atoms with Gasteiger partial charge in [-0.15, -0.1) is 0 Å². The van der Waals surface area contributed by atoms with E-state index in [1.165, 1.54) is 0 Å². The fourth-order valence-corrected chi connectivity index (χ4v) is 2.65. The Labute approximate surface area is 123 Å². The van der Waals surface area contributed by atoms with E-state index in [0.29, 0.717) is 11.6 Å². The summed E-state index contributed by atoms with van der Waals surface area (Å²) < 4.78 is 0. The van der Waals surface area contributed by atoms with Crippen molar-refractivity contribution in [1.29, 1.82) is 0 Å². The lowest BCUT2D eigenvalue weighted by molar-refractivity contribution is -0.127. The maximum absolute atomic E-state index is 12.2. The average Bonchev–Trinajstić information content (AvgIpc) is 2.83. The normalized spacial score (nSPS) is 19.8. The lowest BCUT2D eigenvalue weighted by Gasteiger charge is -2.25. The molecule has 0 saturated carbocycles. The Morgan fingerprint density at radius 2 is 2.10 bits per heavy atom. The Morgan fingerprint density at radius 3 is 2.65 bits per heavy atom. The van der Waals surface area contributed by atoms with Gasteiger partial charge in [0.1, 0.15) is 0 Å². The van der Waals surface area contributed by atoms with Crippen molar-refractivity contribution < 1.29 is 9.59 Å². The van der Waals surface area contributed by atoms with Crippen molar-refractivity contribution in [2.45, 2.75) is 26.3 Å². The van der Waals surface area contributed by atoms with Gasteiger partial charge < -0.3 is 10.6 Å². The Kier molecular flexibility index (Phi) is 4.65. The first-order valence-corrected chi connectivity index (χ1v) is 7.18. The number of carbonyl (C=O) groups excluding carboxylic acids is 2. The molecule has 1 fully saturated rings. The number of halogens is 1. The average molecular weight is 295 g/mol. The number of nitrogens with one attached hydrogen (secondary N) is 2. The van der Waals surface area contributed by atoms with Gasteiger partial charge in [-0.05, 0) is 17.5 Å². The molecule has 1 saturated heterocycles. The Balaban J connectivity index is 2.12. The molecule has 2 unspecified atom stereocenters. The van der Waals surface area contributed by atoms with Crippen LogP contribution in [0, 0.1) is 11.8 Å². The van der Waals surface area contributed by atoms with Gasteiger partial charge in [0.05, 0.1) is 12.0 Å². The van der Waals surface area contributed by atoms with Crippen LogP contribution in [0.25, 0.3) is 0 Å². The van der Waals surface area contributed by atoms with Crippen LogP contribution < -0.4 is 10.6 Å². The molecule has 1 heterocycles. The number of hydrogen-bond donors (Lipinski definition) is 2. The van der Waals surface area contributed by atoms with Gasteiger partial charge in [-0.3, -0.25) is 9.59 Å². The summed E-state index contributed by atoms with van der Waals surface area (Å²) in [6.07, 6.45) is 0.263. The molecule has 0 bridgehead atoms. The number of carbonyl (C=O) groups is 2. The van der Waals surface area contributed by atoms with Gasteiger partial charge in [0.25, 0.3) is 0 Å². The molecular formula is C15H19ClN2O2. The number of amides is 2. The van der Waals surface area contributed by atoms with Crippen LogP contribution in [-0.4, -0.2) is 18.4 Å². The third-order valence-electron chi connectivity index (χ3n) is 3.55. The predicted molar refractivity (Wildman–Crippen MR) is 78.3 cm³/mol. The molecule has 1 aliphatic rings. The predicted octanol–water partition coefficient (Wildman–Crippen LogP) is 2.29. The molecule has 108 valence electrons. The first kappa shape index (κ1) is 14.9. The lowest BCUT2D eigenvalue weighted by atomic mass is 9.95. The molecule has 5 heteroatoms. The van der Waals surface area contributed by atoms with E-state index in [2.05, 4.69) is 10.6 Å². The van der Waals surface area contributed by atoms with Crippen LogP contribution in [-0.2, 0) is 9.59 Å². The highest BCUT2D eigenvalue weighted by Crippen LogP contribution is 2.28. The summed E-state index contributed by atoms with van der Waals surface area (Å²) in [6.45, 7) is 4.48. The van der Waals surface area contributed by atoms with Crippen LogP contribution in [0.3, 0.4) is 0 Å². The van der Waals surface area contributed by atoms with Gasteiger partial charge in [-0.2, -0.15) is 0 Å². The van der Waals surface area contributed by atoms with E-state index in [1.807, 2.05) is 38.1 Å². The first-order valence-electron chi connectivity index (χ1n) is 6.80. The standard InChI is InChI=1S/C15H19ClN2O2/c1-9(2)14(11-5-3-4-6-12(11)16)18-15(20)10-7-13(19)17-8-10/h3-6,9-10,14H,7-8H2,1-2H3,(H,17,19)(H,18,20). The van der Waals surface area contributed by atoms with Crippen LogP contribution in [0.1, 0.15) is 31.9 Å². The lowest BCUT2D eigenvalue weighted by Crippen LogP contribution is -2.37. The molecule has 0 aromatic heterocycles. The fraction of sp³-hybridized carbons (Fsp3) is 0.467. The van der Waals surface area contributed by atoms with Crippen molar-refractivity contribution >= 4 is 23.4 Å². The second kappa shape index (κ2) is 6.27. The molecule has 1 aromatic rings. The molecule has 4 nitrogen and oxygen atoms in total.